The maximum atomic E-state index is 10.0. The van der Waals surface area contributed by atoms with Crippen LogP contribution < -0.4 is 5.73 Å². The molecule has 0 amide bonds. The Morgan fingerprint density at radius 1 is 1.41 bits per heavy atom. The van der Waals surface area contributed by atoms with Crippen LogP contribution in [0, 0.1) is 19.8 Å². The Balaban J connectivity index is 0.00000144. The first-order valence-corrected chi connectivity index (χ1v) is 6.55. The summed E-state index contributed by atoms with van der Waals surface area (Å²) in [6.07, 6.45) is 3.64. The molecule has 2 rings (SSSR count). The van der Waals surface area contributed by atoms with Crippen LogP contribution in [0.5, 0.6) is 5.75 Å². The van der Waals surface area contributed by atoms with Gasteiger partial charge in [-0.25, -0.2) is 0 Å². The number of hydrogen-bond acceptors (Lipinski definition) is 2. The van der Waals surface area contributed by atoms with Gasteiger partial charge in [-0.15, -0.1) is 12.4 Å². The van der Waals surface area contributed by atoms with Crippen molar-refractivity contribution in [3.63, 3.8) is 0 Å². The fraction of sp³-hybridized carbons (Fsp3) is 0.538. The Hall–Kier alpha value is -0.250. The number of phenols is 1. The fourth-order valence-corrected chi connectivity index (χ4v) is 2.74. The van der Waals surface area contributed by atoms with Crippen molar-refractivity contribution in [1.82, 2.24) is 0 Å². The Bertz CT molecular complexity index is 418. The standard InChI is InChI=1S/C13H18BrNO.ClH/c1-7-6-10(16)11(8(2)12(7)14)13(15)9-4-3-5-9;/h6,9,13,16H,3-5,15H2,1-2H3;1H/t13-;/m0./s1. The quantitative estimate of drug-likeness (QED) is 0.865. The van der Waals surface area contributed by atoms with E-state index in [1.165, 1.54) is 19.3 Å². The lowest BCUT2D eigenvalue weighted by Crippen LogP contribution is -2.27. The molecule has 0 unspecified atom stereocenters. The SMILES string of the molecule is Cc1cc(O)c([C@@H](N)C2CCC2)c(C)c1Br.Cl. The second-order valence-corrected chi connectivity index (χ2v) is 5.58. The zero-order valence-electron chi connectivity index (χ0n) is 10.2. The van der Waals surface area contributed by atoms with Gasteiger partial charge in [-0.2, -0.15) is 0 Å². The molecular formula is C13H19BrClNO. The molecule has 2 nitrogen and oxygen atoms in total. The van der Waals surface area contributed by atoms with Gasteiger partial charge >= 0.3 is 0 Å². The fourth-order valence-electron chi connectivity index (χ4n) is 2.41. The summed E-state index contributed by atoms with van der Waals surface area (Å²) in [7, 11) is 0. The normalized spacial score (nSPS) is 17.2. The highest BCUT2D eigenvalue weighted by molar-refractivity contribution is 9.10. The molecule has 0 heterocycles. The van der Waals surface area contributed by atoms with Crippen molar-refractivity contribution >= 4 is 28.3 Å². The van der Waals surface area contributed by atoms with E-state index in [0.29, 0.717) is 11.7 Å². The van der Waals surface area contributed by atoms with Crippen LogP contribution in [0.2, 0.25) is 0 Å². The molecule has 0 saturated heterocycles. The highest BCUT2D eigenvalue weighted by Crippen LogP contribution is 2.42. The molecule has 0 spiro atoms. The van der Waals surface area contributed by atoms with Crippen molar-refractivity contribution in [2.45, 2.75) is 39.2 Å². The first kappa shape index (κ1) is 14.8. The molecule has 0 bridgehead atoms. The van der Waals surface area contributed by atoms with Crippen molar-refractivity contribution < 1.29 is 5.11 Å². The van der Waals surface area contributed by atoms with Crippen LogP contribution in [0.25, 0.3) is 0 Å². The highest BCUT2D eigenvalue weighted by Gasteiger charge is 2.29. The molecule has 0 aromatic heterocycles. The van der Waals surface area contributed by atoms with E-state index in [9.17, 15) is 5.11 Å². The number of nitrogens with two attached hydrogens (primary N) is 1. The van der Waals surface area contributed by atoms with Crippen molar-refractivity contribution in [3.8, 4) is 5.75 Å². The third-order valence-corrected chi connectivity index (χ3v) is 4.92. The molecule has 1 aromatic rings. The average Bonchev–Trinajstić information content (AvgIpc) is 2.11. The maximum Gasteiger partial charge on any atom is 0.120 e. The number of hydrogen-bond donors (Lipinski definition) is 2. The molecule has 0 aliphatic heterocycles. The van der Waals surface area contributed by atoms with Gasteiger partial charge in [0.1, 0.15) is 5.75 Å². The smallest absolute Gasteiger partial charge is 0.120 e. The highest BCUT2D eigenvalue weighted by atomic mass is 79.9. The average molecular weight is 321 g/mol. The van der Waals surface area contributed by atoms with E-state index in [-0.39, 0.29) is 18.4 Å². The molecule has 1 atom stereocenters. The van der Waals surface area contributed by atoms with Gasteiger partial charge in [0.05, 0.1) is 0 Å². The zero-order chi connectivity index (χ0) is 11.9. The minimum Gasteiger partial charge on any atom is -0.508 e. The Morgan fingerprint density at radius 3 is 2.47 bits per heavy atom. The third kappa shape index (κ3) is 2.61. The lowest BCUT2D eigenvalue weighted by Gasteiger charge is -2.33. The molecule has 1 aromatic carbocycles. The number of benzene rings is 1. The molecular weight excluding hydrogens is 302 g/mol. The Morgan fingerprint density at radius 2 is 2.00 bits per heavy atom. The Labute approximate surface area is 117 Å². The van der Waals surface area contributed by atoms with E-state index in [4.69, 9.17) is 5.73 Å². The second-order valence-electron chi connectivity index (χ2n) is 4.78. The van der Waals surface area contributed by atoms with Crippen LogP contribution in [0.4, 0.5) is 0 Å². The van der Waals surface area contributed by atoms with Crippen LogP contribution in [0.1, 0.15) is 42.0 Å². The predicted octanol–water partition coefficient (Wildman–Crippen LogP) is 3.99. The van der Waals surface area contributed by atoms with Gasteiger partial charge in [0, 0.05) is 16.1 Å². The van der Waals surface area contributed by atoms with E-state index < -0.39 is 0 Å². The van der Waals surface area contributed by atoms with E-state index in [1.54, 1.807) is 6.07 Å². The number of aryl methyl sites for hydroxylation is 1. The third-order valence-electron chi connectivity index (χ3n) is 3.70. The van der Waals surface area contributed by atoms with Gasteiger partial charge < -0.3 is 10.8 Å². The predicted molar refractivity (Wildman–Crippen MR) is 76.8 cm³/mol. The van der Waals surface area contributed by atoms with Gasteiger partial charge in [0.15, 0.2) is 0 Å². The van der Waals surface area contributed by atoms with Crippen LogP contribution in [-0.4, -0.2) is 5.11 Å². The molecule has 0 radical (unpaired) electrons. The van der Waals surface area contributed by atoms with Crippen molar-refractivity contribution in [3.05, 3.63) is 27.2 Å². The first-order valence-electron chi connectivity index (χ1n) is 5.76. The van der Waals surface area contributed by atoms with E-state index in [0.717, 1.165) is 21.2 Å². The monoisotopic (exact) mass is 319 g/mol. The maximum absolute atomic E-state index is 10.0. The second kappa shape index (κ2) is 5.59. The summed E-state index contributed by atoms with van der Waals surface area (Å²) < 4.78 is 1.06. The summed E-state index contributed by atoms with van der Waals surface area (Å²) in [6.45, 7) is 4.00. The van der Waals surface area contributed by atoms with E-state index >= 15 is 0 Å². The zero-order valence-corrected chi connectivity index (χ0v) is 12.6. The summed E-state index contributed by atoms with van der Waals surface area (Å²) in [5.74, 6) is 0.886. The summed E-state index contributed by atoms with van der Waals surface area (Å²) >= 11 is 3.55. The minimum absolute atomic E-state index is 0. The van der Waals surface area contributed by atoms with E-state index in [2.05, 4.69) is 15.9 Å². The topological polar surface area (TPSA) is 46.2 Å². The number of phenolic OH excluding ortho intramolecular Hbond substituents is 1. The number of halogens is 2. The van der Waals surface area contributed by atoms with Gasteiger partial charge in [0.25, 0.3) is 0 Å². The van der Waals surface area contributed by atoms with Gasteiger partial charge in [-0.3, -0.25) is 0 Å². The molecule has 1 aliphatic carbocycles. The summed E-state index contributed by atoms with van der Waals surface area (Å²) in [5.41, 5.74) is 9.29. The van der Waals surface area contributed by atoms with Gasteiger partial charge in [0.2, 0.25) is 0 Å². The van der Waals surface area contributed by atoms with E-state index in [1.807, 2.05) is 13.8 Å². The largest absolute Gasteiger partial charge is 0.508 e. The van der Waals surface area contributed by atoms with Crippen LogP contribution in [-0.2, 0) is 0 Å². The van der Waals surface area contributed by atoms with Crippen LogP contribution in [0.15, 0.2) is 10.5 Å². The summed E-state index contributed by atoms with van der Waals surface area (Å²) in [5, 5.41) is 10.0. The molecule has 17 heavy (non-hydrogen) atoms. The van der Waals surface area contributed by atoms with Crippen molar-refractivity contribution in [2.75, 3.05) is 0 Å². The van der Waals surface area contributed by atoms with Crippen molar-refractivity contribution in [1.29, 1.82) is 0 Å². The molecule has 96 valence electrons. The van der Waals surface area contributed by atoms with Gasteiger partial charge in [-0.05, 0) is 49.8 Å². The Kier molecular flexibility index (Phi) is 4.87. The van der Waals surface area contributed by atoms with Crippen molar-refractivity contribution in [2.24, 2.45) is 11.7 Å². The lowest BCUT2D eigenvalue weighted by atomic mass is 9.76. The number of rotatable bonds is 2. The molecule has 1 aliphatic rings. The summed E-state index contributed by atoms with van der Waals surface area (Å²) in [4.78, 5) is 0. The first-order chi connectivity index (χ1) is 7.52. The van der Waals surface area contributed by atoms with Crippen LogP contribution >= 0.6 is 28.3 Å². The number of aromatic hydroxyl groups is 1. The molecule has 3 N–H and O–H groups in total. The van der Waals surface area contributed by atoms with Crippen LogP contribution in [0.3, 0.4) is 0 Å². The lowest BCUT2D eigenvalue weighted by molar-refractivity contribution is 0.260. The molecule has 1 saturated carbocycles. The molecule has 4 heteroatoms. The molecule has 1 fully saturated rings. The minimum atomic E-state index is -0.0225. The summed E-state index contributed by atoms with van der Waals surface area (Å²) in [6, 6.07) is 1.77. The van der Waals surface area contributed by atoms with Gasteiger partial charge in [-0.1, -0.05) is 22.4 Å².